The predicted molar refractivity (Wildman–Crippen MR) is 76.3 cm³/mol. The zero-order chi connectivity index (χ0) is 13.8. The van der Waals surface area contributed by atoms with E-state index < -0.39 is 6.10 Å². The zero-order valence-electron chi connectivity index (χ0n) is 10.1. The van der Waals surface area contributed by atoms with Crippen molar-refractivity contribution in [1.29, 1.82) is 0 Å². The first-order valence-corrected chi connectivity index (χ1v) is 6.67. The van der Waals surface area contributed by atoms with Gasteiger partial charge in [0, 0.05) is 22.9 Å². The summed E-state index contributed by atoms with van der Waals surface area (Å²) in [5, 5.41) is 11.1. The van der Waals surface area contributed by atoms with Gasteiger partial charge in [-0.3, -0.25) is 0 Å². The minimum Gasteiger partial charge on any atom is -0.392 e. The molecule has 0 saturated heterocycles. The van der Waals surface area contributed by atoms with E-state index in [0.29, 0.717) is 22.0 Å². The highest BCUT2D eigenvalue weighted by Gasteiger charge is 2.12. The van der Waals surface area contributed by atoms with Crippen molar-refractivity contribution in [2.75, 3.05) is 0 Å². The highest BCUT2D eigenvalue weighted by molar-refractivity contribution is 6.33. The van der Waals surface area contributed by atoms with Gasteiger partial charge in [0.2, 0.25) is 0 Å². The Hall–Kier alpha value is -1.09. The van der Waals surface area contributed by atoms with Gasteiger partial charge in [-0.2, -0.15) is 0 Å². The van der Waals surface area contributed by atoms with Crippen molar-refractivity contribution in [2.45, 2.75) is 18.9 Å². The van der Waals surface area contributed by atoms with Crippen LogP contribution in [0.5, 0.6) is 0 Å². The van der Waals surface area contributed by atoms with E-state index in [1.54, 1.807) is 36.4 Å². The van der Waals surface area contributed by atoms with Crippen molar-refractivity contribution < 1.29 is 9.50 Å². The lowest BCUT2D eigenvalue weighted by atomic mass is 10.0. The summed E-state index contributed by atoms with van der Waals surface area (Å²) < 4.78 is 13.5. The Labute approximate surface area is 121 Å². The third kappa shape index (κ3) is 3.93. The maximum Gasteiger partial charge on any atom is 0.126 e. The maximum atomic E-state index is 13.5. The van der Waals surface area contributed by atoms with E-state index in [-0.39, 0.29) is 12.2 Å². The molecule has 2 aromatic carbocycles. The minimum absolute atomic E-state index is 0.246. The van der Waals surface area contributed by atoms with Gasteiger partial charge in [0.25, 0.3) is 0 Å². The fraction of sp³-hybridized carbons (Fsp3) is 0.200. The van der Waals surface area contributed by atoms with Crippen LogP contribution >= 0.6 is 23.2 Å². The van der Waals surface area contributed by atoms with Gasteiger partial charge >= 0.3 is 0 Å². The van der Waals surface area contributed by atoms with Crippen LogP contribution in [0.3, 0.4) is 0 Å². The second-order valence-electron chi connectivity index (χ2n) is 4.39. The molecule has 0 radical (unpaired) electrons. The van der Waals surface area contributed by atoms with Crippen molar-refractivity contribution in [3.05, 3.63) is 69.5 Å². The summed E-state index contributed by atoms with van der Waals surface area (Å²) in [7, 11) is 0. The first kappa shape index (κ1) is 14.3. The Kier molecular flexibility index (Phi) is 4.81. The number of aliphatic hydroxyl groups excluding tert-OH is 1. The molecule has 0 spiro atoms. The monoisotopic (exact) mass is 298 g/mol. The minimum atomic E-state index is -0.701. The molecule has 19 heavy (non-hydrogen) atoms. The smallest absolute Gasteiger partial charge is 0.126 e. The summed E-state index contributed by atoms with van der Waals surface area (Å²) in [6, 6.07) is 11.5. The molecule has 1 nitrogen and oxygen atoms in total. The molecule has 0 aliphatic rings. The SMILES string of the molecule is OC(Cc1ccccc1F)Cc1cc(Cl)ccc1Cl. The summed E-state index contributed by atoms with van der Waals surface area (Å²) in [6.45, 7) is 0. The van der Waals surface area contributed by atoms with Crippen LogP contribution in [-0.4, -0.2) is 11.2 Å². The van der Waals surface area contributed by atoms with E-state index >= 15 is 0 Å². The molecule has 0 aromatic heterocycles. The van der Waals surface area contributed by atoms with E-state index in [4.69, 9.17) is 23.2 Å². The second kappa shape index (κ2) is 6.38. The first-order chi connectivity index (χ1) is 9.06. The van der Waals surface area contributed by atoms with Crippen LogP contribution < -0.4 is 0 Å². The normalized spacial score (nSPS) is 12.4. The van der Waals surface area contributed by atoms with Crippen LogP contribution in [0.1, 0.15) is 11.1 Å². The lowest BCUT2D eigenvalue weighted by molar-refractivity contribution is 0.174. The summed E-state index contributed by atoms with van der Waals surface area (Å²) in [5.41, 5.74) is 1.26. The number of halogens is 3. The van der Waals surface area contributed by atoms with Gasteiger partial charge < -0.3 is 5.11 Å². The fourth-order valence-electron chi connectivity index (χ4n) is 1.94. The summed E-state index contributed by atoms with van der Waals surface area (Å²) in [6.07, 6.45) is -0.114. The zero-order valence-corrected chi connectivity index (χ0v) is 11.6. The first-order valence-electron chi connectivity index (χ1n) is 5.91. The van der Waals surface area contributed by atoms with Crippen molar-refractivity contribution in [3.63, 3.8) is 0 Å². The van der Waals surface area contributed by atoms with Crippen molar-refractivity contribution in [3.8, 4) is 0 Å². The van der Waals surface area contributed by atoms with Crippen LogP contribution in [0.25, 0.3) is 0 Å². The van der Waals surface area contributed by atoms with Gasteiger partial charge in [-0.15, -0.1) is 0 Å². The molecule has 0 bridgehead atoms. The molecule has 1 N–H and O–H groups in total. The Bertz CT molecular complexity index is 572. The van der Waals surface area contributed by atoms with Crippen LogP contribution in [-0.2, 0) is 12.8 Å². The van der Waals surface area contributed by atoms with E-state index in [0.717, 1.165) is 5.56 Å². The third-order valence-electron chi connectivity index (χ3n) is 2.88. The highest BCUT2D eigenvalue weighted by Crippen LogP contribution is 2.23. The molecule has 4 heteroatoms. The van der Waals surface area contributed by atoms with Crippen LogP contribution in [0.4, 0.5) is 4.39 Å². The molecule has 2 aromatic rings. The third-order valence-corrected chi connectivity index (χ3v) is 3.48. The molecular formula is C15H13Cl2FO. The molecule has 1 atom stereocenters. The predicted octanol–water partition coefficient (Wildman–Crippen LogP) is 4.28. The highest BCUT2D eigenvalue weighted by atomic mass is 35.5. The van der Waals surface area contributed by atoms with E-state index in [1.807, 2.05) is 0 Å². The van der Waals surface area contributed by atoms with E-state index in [9.17, 15) is 9.50 Å². The Balaban J connectivity index is 2.07. The summed E-state index contributed by atoms with van der Waals surface area (Å²) in [4.78, 5) is 0. The lowest BCUT2D eigenvalue weighted by Gasteiger charge is -2.12. The average molecular weight is 299 g/mol. The van der Waals surface area contributed by atoms with Crippen LogP contribution in [0.15, 0.2) is 42.5 Å². The molecule has 0 aliphatic carbocycles. The molecule has 0 aliphatic heterocycles. The van der Waals surface area contributed by atoms with Gasteiger partial charge in [0.1, 0.15) is 5.82 Å². The standard InChI is InChI=1S/C15H13Cl2FO/c16-12-5-6-14(17)11(7-12)9-13(19)8-10-3-1-2-4-15(10)18/h1-7,13,19H,8-9H2. The second-order valence-corrected chi connectivity index (χ2v) is 5.23. The molecule has 0 amide bonds. The Morgan fingerprint density at radius 2 is 1.68 bits per heavy atom. The number of benzene rings is 2. The van der Waals surface area contributed by atoms with Gasteiger partial charge in [-0.05, 0) is 35.4 Å². The van der Waals surface area contributed by atoms with Gasteiger partial charge in [0.15, 0.2) is 0 Å². The Morgan fingerprint density at radius 1 is 1.00 bits per heavy atom. The van der Waals surface area contributed by atoms with Gasteiger partial charge in [0.05, 0.1) is 6.10 Å². The molecule has 2 rings (SSSR count). The van der Waals surface area contributed by atoms with Crippen molar-refractivity contribution in [2.24, 2.45) is 0 Å². The number of aliphatic hydroxyl groups is 1. The van der Waals surface area contributed by atoms with E-state index in [2.05, 4.69) is 0 Å². The van der Waals surface area contributed by atoms with Crippen LogP contribution in [0, 0.1) is 5.82 Å². The summed E-state index contributed by atoms with van der Waals surface area (Å²) in [5.74, 6) is -0.307. The number of rotatable bonds is 4. The Morgan fingerprint density at radius 3 is 2.42 bits per heavy atom. The fourth-order valence-corrected chi connectivity index (χ4v) is 2.33. The topological polar surface area (TPSA) is 20.2 Å². The molecule has 100 valence electrons. The average Bonchev–Trinajstić information content (AvgIpc) is 2.37. The molecule has 0 heterocycles. The maximum absolute atomic E-state index is 13.5. The van der Waals surface area contributed by atoms with E-state index in [1.165, 1.54) is 6.07 Å². The lowest BCUT2D eigenvalue weighted by Crippen LogP contribution is -2.15. The van der Waals surface area contributed by atoms with Crippen molar-refractivity contribution >= 4 is 23.2 Å². The van der Waals surface area contributed by atoms with Crippen molar-refractivity contribution in [1.82, 2.24) is 0 Å². The summed E-state index contributed by atoms with van der Waals surface area (Å²) >= 11 is 11.9. The van der Waals surface area contributed by atoms with Gasteiger partial charge in [-0.25, -0.2) is 4.39 Å². The quantitative estimate of drug-likeness (QED) is 0.893. The molecular weight excluding hydrogens is 286 g/mol. The molecule has 1 unspecified atom stereocenters. The number of hydrogen-bond acceptors (Lipinski definition) is 1. The largest absolute Gasteiger partial charge is 0.392 e. The van der Waals surface area contributed by atoms with Crippen LogP contribution in [0.2, 0.25) is 10.0 Å². The number of hydrogen-bond donors (Lipinski definition) is 1. The molecule has 0 saturated carbocycles. The molecule has 0 fully saturated rings. The van der Waals surface area contributed by atoms with Gasteiger partial charge in [-0.1, -0.05) is 41.4 Å².